The molecule has 2 saturated heterocycles. The van der Waals surface area contributed by atoms with E-state index in [1.807, 2.05) is 0 Å². The van der Waals surface area contributed by atoms with Gasteiger partial charge in [-0.25, -0.2) is 0 Å². The highest BCUT2D eigenvalue weighted by Gasteiger charge is 2.50. The van der Waals surface area contributed by atoms with Gasteiger partial charge in [-0.3, -0.25) is 4.90 Å². The van der Waals surface area contributed by atoms with E-state index in [9.17, 15) is 0 Å². The molecule has 0 bridgehead atoms. The molecule has 2 aromatic rings. The highest BCUT2D eigenvalue weighted by atomic mass is 15.3. The van der Waals surface area contributed by atoms with Crippen LogP contribution in [0.4, 0.5) is 0 Å². The van der Waals surface area contributed by atoms with Gasteiger partial charge in [0.25, 0.3) is 0 Å². The van der Waals surface area contributed by atoms with Crippen LogP contribution in [-0.4, -0.2) is 23.0 Å². The van der Waals surface area contributed by atoms with E-state index < -0.39 is 0 Å². The lowest BCUT2D eigenvalue weighted by atomic mass is 9.77. The molecular weight excluding hydrogens is 208 g/mol. The summed E-state index contributed by atoms with van der Waals surface area (Å²) in [5.74, 6) is 0. The number of nitrogens with one attached hydrogen (secondary N) is 1. The first-order chi connectivity index (χ1) is 8.31. The third-order valence-electron chi connectivity index (χ3n) is 4.78. The Morgan fingerprint density at radius 3 is 2.82 bits per heavy atom. The van der Waals surface area contributed by atoms with Crippen LogP contribution in [0.1, 0.15) is 30.5 Å². The molecule has 4 rings (SSSR count). The monoisotopic (exact) mass is 226 g/mol. The number of hydrogen-bond acceptors (Lipinski definition) is 1. The van der Waals surface area contributed by atoms with Crippen LogP contribution >= 0.6 is 0 Å². The van der Waals surface area contributed by atoms with E-state index in [1.165, 1.54) is 48.9 Å². The van der Waals surface area contributed by atoms with E-state index in [4.69, 9.17) is 0 Å². The molecule has 0 spiro atoms. The number of benzene rings is 1. The third kappa shape index (κ3) is 1.09. The summed E-state index contributed by atoms with van der Waals surface area (Å²) in [5.41, 5.74) is 4.63. The van der Waals surface area contributed by atoms with Crippen molar-refractivity contribution in [2.24, 2.45) is 0 Å². The molecule has 1 aromatic carbocycles. The molecule has 1 aromatic heterocycles. The van der Waals surface area contributed by atoms with Gasteiger partial charge in [-0.2, -0.15) is 0 Å². The summed E-state index contributed by atoms with van der Waals surface area (Å²) in [4.78, 5) is 6.23. The second-order valence-electron chi connectivity index (χ2n) is 5.54. The summed E-state index contributed by atoms with van der Waals surface area (Å²) < 4.78 is 0. The quantitative estimate of drug-likeness (QED) is 0.791. The Kier molecular flexibility index (Phi) is 1.79. The summed E-state index contributed by atoms with van der Waals surface area (Å²) in [5, 5.41) is 1.44. The molecular formula is C15H18N2. The minimum atomic E-state index is 0.379. The molecule has 1 atom stereocenters. The lowest BCUT2D eigenvalue weighted by Crippen LogP contribution is -2.53. The van der Waals surface area contributed by atoms with Gasteiger partial charge in [0.15, 0.2) is 0 Å². The Balaban J connectivity index is 1.99. The van der Waals surface area contributed by atoms with Crippen molar-refractivity contribution in [2.75, 3.05) is 13.1 Å². The van der Waals surface area contributed by atoms with Crippen LogP contribution in [0.5, 0.6) is 0 Å². The smallest absolute Gasteiger partial charge is 0.0497 e. The Hall–Kier alpha value is -1.28. The average Bonchev–Trinajstić information content (AvgIpc) is 2.77. The largest absolute Gasteiger partial charge is 0.358 e. The molecule has 1 N–H and O–H groups in total. The van der Waals surface area contributed by atoms with Gasteiger partial charge in [-0.1, -0.05) is 18.2 Å². The maximum Gasteiger partial charge on any atom is 0.0497 e. The summed E-state index contributed by atoms with van der Waals surface area (Å²) in [7, 11) is 0. The Labute approximate surface area is 102 Å². The first-order valence-corrected chi connectivity index (χ1v) is 6.64. The number of hydrogen-bond donors (Lipinski definition) is 1. The molecule has 88 valence electrons. The Morgan fingerprint density at radius 2 is 2.06 bits per heavy atom. The van der Waals surface area contributed by atoms with Gasteiger partial charge in [-0.05, 0) is 38.8 Å². The Morgan fingerprint density at radius 1 is 1.18 bits per heavy atom. The molecule has 0 saturated carbocycles. The van der Waals surface area contributed by atoms with Crippen LogP contribution in [0.15, 0.2) is 24.3 Å². The zero-order chi connectivity index (χ0) is 11.5. The summed E-state index contributed by atoms with van der Waals surface area (Å²) in [6.07, 6.45) is 4.05. The zero-order valence-corrected chi connectivity index (χ0v) is 10.3. The van der Waals surface area contributed by atoms with Crippen molar-refractivity contribution in [3.05, 3.63) is 35.5 Å². The summed E-state index contributed by atoms with van der Waals surface area (Å²) in [6, 6.07) is 8.75. The van der Waals surface area contributed by atoms with Gasteiger partial charge < -0.3 is 4.98 Å². The Bertz CT molecular complexity index is 584. The summed E-state index contributed by atoms with van der Waals surface area (Å²) >= 11 is 0. The lowest BCUT2D eigenvalue weighted by molar-refractivity contribution is 0.0250. The van der Waals surface area contributed by atoms with Gasteiger partial charge in [0.1, 0.15) is 0 Å². The molecule has 2 aliphatic heterocycles. The molecule has 0 amide bonds. The number of aromatic amines is 1. The summed E-state index contributed by atoms with van der Waals surface area (Å²) in [6.45, 7) is 4.82. The maximum absolute atomic E-state index is 3.56. The number of para-hydroxylation sites is 1. The molecule has 0 radical (unpaired) electrons. The van der Waals surface area contributed by atoms with E-state index in [1.54, 1.807) is 5.56 Å². The molecule has 0 aliphatic carbocycles. The van der Waals surface area contributed by atoms with Crippen LogP contribution < -0.4 is 0 Å². The number of rotatable bonds is 1. The van der Waals surface area contributed by atoms with Crippen molar-refractivity contribution in [1.82, 2.24) is 9.88 Å². The van der Waals surface area contributed by atoms with Crippen LogP contribution in [0.2, 0.25) is 0 Å². The van der Waals surface area contributed by atoms with Crippen molar-refractivity contribution in [1.29, 1.82) is 0 Å². The van der Waals surface area contributed by atoms with Gasteiger partial charge >= 0.3 is 0 Å². The molecule has 3 heterocycles. The fraction of sp³-hybridized carbons (Fsp3) is 0.467. The fourth-order valence-electron chi connectivity index (χ4n) is 4.00. The molecule has 1 unspecified atom stereocenters. The normalized spacial score (nSPS) is 28.3. The predicted octanol–water partition coefficient (Wildman–Crippen LogP) is 3.17. The number of aromatic nitrogens is 1. The van der Waals surface area contributed by atoms with Gasteiger partial charge in [0, 0.05) is 34.2 Å². The number of nitrogens with zero attached hydrogens (tertiary/aromatic N) is 1. The van der Waals surface area contributed by atoms with Crippen molar-refractivity contribution in [2.45, 2.75) is 31.7 Å². The molecule has 2 aliphatic rings. The molecule has 2 fully saturated rings. The van der Waals surface area contributed by atoms with Crippen LogP contribution in [0.3, 0.4) is 0 Å². The minimum absolute atomic E-state index is 0.379. The molecule has 2 heteroatoms. The van der Waals surface area contributed by atoms with E-state index >= 15 is 0 Å². The molecule has 2 nitrogen and oxygen atoms in total. The molecule has 17 heavy (non-hydrogen) atoms. The zero-order valence-electron chi connectivity index (χ0n) is 10.3. The number of H-pyrrole nitrogens is 1. The topological polar surface area (TPSA) is 19.0 Å². The van der Waals surface area contributed by atoms with Gasteiger partial charge in [0.05, 0.1) is 0 Å². The van der Waals surface area contributed by atoms with Crippen LogP contribution in [0, 0.1) is 6.92 Å². The first-order valence-electron chi connectivity index (χ1n) is 6.64. The highest BCUT2D eigenvalue weighted by molar-refractivity contribution is 5.86. The SMILES string of the molecule is Cc1[nH]c2ccccc2c1C12CCCN1CC2. The van der Waals surface area contributed by atoms with Crippen molar-refractivity contribution >= 4 is 10.9 Å². The predicted molar refractivity (Wildman–Crippen MR) is 70.1 cm³/mol. The maximum atomic E-state index is 3.56. The lowest BCUT2D eigenvalue weighted by Gasteiger charge is -2.49. The minimum Gasteiger partial charge on any atom is -0.358 e. The van der Waals surface area contributed by atoms with E-state index in [0.717, 1.165) is 0 Å². The number of aryl methyl sites for hydroxylation is 1. The average molecular weight is 226 g/mol. The number of fused-ring (bicyclic) bond motifs is 2. The van der Waals surface area contributed by atoms with Crippen molar-refractivity contribution < 1.29 is 0 Å². The van der Waals surface area contributed by atoms with Gasteiger partial charge in [-0.15, -0.1) is 0 Å². The fourth-order valence-corrected chi connectivity index (χ4v) is 4.00. The van der Waals surface area contributed by atoms with Crippen LogP contribution in [0.25, 0.3) is 10.9 Å². The van der Waals surface area contributed by atoms with Crippen LogP contribution in [-0.2, 0) is 5.54 Å². The standard InChI is InChI=1S/C15H18N2/c1-11-14(12-5-2-3-6-13(12)16-11)15-7-4-9-17(15)10-8-15/h2-3,5-6,16H,4,7-10H2,1H3. The first kappa shape index (κ1) is 9.72. The van der Waals surface area contributed by atoms with E-state index in [-0.39, 0.29) is 0 Å². The van der Waals surface area contributed by atoms with E-state index in [2.05, 4.69) is 41.1 Å². The van der Waals surface area contributed by atoms with Gasteiger partial charge in [0.2, 0.25) is 0 Å². The van der Waals surface area contributed by atoms with Crippen molar-refractivity contribution in [3.8, 4) is 0 Å². The third-order valence-corrected chi connectivity index (χ3v) is 4.78. The van der Waals surface area contributed by atoms with E-state index in [0.29, 0.717) is 5.54 Å². The second-order valence-corrected chi connectivity index (χ2v) is 5.54. The second kappa shape index (κ2) is 3.14. The van der Waals surface area contributed by atoms with Crippen molar-refractivity contribution in [3.63, 3.8) is 0 Å². The highest BCUT2D eigenvalue weighted by Crippen LogP contribution is 2.51.